The molecule has 206 valence electrons. The molecule has 0 saturated carbocycles. The number of likely N-dealkylation sites (tertiary alicyclic amines) is 1. The van der Waals surface area contributed by atoms with E-state index in [1.807, 2.05) is 84.9 Å². The molecule has 1 amide bonds. The molecular weight excluding hydrogens is 518 g/mol. The predicted octanol–water partition coefficient (Wildman–Crippen LogP) is 5.70. The number of carbonyl (C=O) groups is 2. The second-order valence-electron chi connectivity index (χ2n) is 9.93. The Hall–Kier alpha value is -5.04. The van der Waals surface area contributed by atoms with Crippen molar-refractivity contribution in [3.05, 3.63) is 131 Å². The number of ether oxygens (including phenoxy) is 3. The molecule has 7 nitrogen and oxygen atoms in total. The first-order valence-corrected chi connectivity index (χ1v) is 13.6. The molecule has 0 radical (unpaired) electrons. The van der Waals surface area contributed by atoms with Gasteiger partial charge in [0.05, 0.1) is 11.6 Å². The summed E-state index contributed by atoms with van der Waals surface area (Å²) in [6.07, 6.45) is 0.562. The second-order valence-corrected chi connectivity index (χ2v) is 9.93. The van der Waals surface area contributed by atoms with Crippen molar-refractivity contribution in [2.75, 3.05) is 19.8 Å². The van der Waals surface area contributed by atoms with E-state index in [1.54, 1.807) is 23.1 Å². The summed E-state index contributed by atoms with van der Waals surface area (Å²) in [5.74, 6) is 0.0886. The molecule has 4 aromatic rings. The fraction of sp³-hybridized carbons (Fsp3) is 0.176. The average Bonchev–Trinajstić information content (AvgIpc) is 3.28. The van der Waals surface area contributed by atoms with E-state index in [-0.39, 0.29) is 11.3 Å². The fourth-order valence-electron chi connectivity index (χ4n) is 5.18. The summed E-state index contributed by atoms with van der Waals surface area (Å²) >= 11 is 0. The third-order valence-corrected chi connectivity index (χ3v) is 7.28. The largest absolute Gasteiger partial charge is 0.507 e. The van der Waals surface area contributed by atoms with Crippen LogP contribution in [0, 0.1) is 0 Å². The zero-order valence-corrected chi connectivity index (χ0v) is 22.4. The van der Waals surface area contributed by atoms with Crippen molar-refractivity contribution in [2.24, 2.45) is 0 Å². The van der Waals surface area contributed by atoms with Crippen LogP contribution in [0.1, 0.15) is 28.3 Å². The van der Waals surface area contributed by atoms with Crippen molar-refractivity contribution in [1.82, 2.24) is 4.90 Å². The Kier molecular flexibility index (Phi) is 7.41. The molecule has 1 atom stereocenters. The Labute approximate surface area is 238 Å². The van der Waals surface area contributed by atoms with Gasteiger partial charge in [-0.15, -0.1) is 0 Å². The highest BCUT2D eigenvalue weighted by Gasteiger charge is 2.46. The highest BCUT2D eigenvalue weighted by molar-refractivity contribution is 6.46. The van der Waals surface area contributed by atoms with Crippen LogP contribution in [-0.4, -0.2) is 41.5 Å². The van der Waals surface area contributed by atoms with Crippen molar-refractivity contribution >= 4 is 17.4 Å². The van der Waals surface area contributed by atoms with Gasteiger partial charge in [-0.2, -0.15) is 0 Å². The highest BCUT2D eigenvalue weighted by Crippen LogP contribution is 2.41. The molecule has 1 saturated heterocycles. The van der Waals surface area contributed by atoms with E-state index in [2.05, 4.69) is 0 Å². The number of aliphatic hydroxyl groups excluding tert-OH is 1. The molecule has 0 aliphatic carbocycles. The molecule has 0 spiro atoms. The van der Waals surface area contributed by atoms with Crippen LogP contribution in [-0.2, 0) is 22.6 Å². The Bertz CT molecular complexity index is 1580. The van der Waals surface area contributed by atoms with Gasteiger partial charge in [0.2, 0.25) is 0 Å². The molecule has 0 unspecified atom stereocenters. The van der Waals surface area contributed by atoms with Crippen molar-refractivity contribution in [1.29, 1.82) is 0 Å². The SMILES string of the molecule is O=C1C(=O)N(CCc2ccccc2)[C@H](c2ccc(OCc3ccccc3)cc2)C1=C(O)c1ccc2c(c1)OCCO2. The molecule has 6 rings (SSSR count). The molecule has 2 aliphatic rings. The maximum Gasteiger partial charge on any atom is 0.295 e. The number of ketones is 1. The number of rotatable bonds is 8. The quantitative estimate of drug-likeness (QED) is 0.173. The third-order valence-electron chi connectivity index (χ3n) is 7.28. The molecule has 2 aliphatic heterocycles. The number of carbonyl (C=O) groups excluding carboxylic acids is 2. The normalized spacial score (nSPS) is 17.5. The maximum atomic E-state index is 13.5. The number of Topliss-reactive ketones (excluding diaryl/α,β-unsaturated/α-hetero) is 1. The Morgan fingerprint density at radius 2 is 1.46 bits per heavy atom. The number of aliphatic hydroxyl groups is 1. The zero-order chi connectivity index (χ0) is 28.2. The van der Waals surface area contributed by atoms with Gasteiger partial charge < -0.3 is 24.2 Å². The van der Waals surface area contributed by atoms with Gasteiger partial charge in [-0.05, 0) is 53.4 Å². The lowest BCUT2D eigenvalue weighted by Crippen LogP contribution is -2.31. The summed E-state index contributed by atoms with van der Waals surface area (Å²) in [6.45, 7) is 1.55. The minimum absolute atomic E-state index is 0.0395. The number of fused-ring (bicyclic) bond motifs is 1. The van der Waals surface area contributed by atoms with Crippen molar-refractivity contribution in [3.8, 4) is 17.2 Å². The van der Waals surface area contributed by atoms with Gasteiger partial charge in [0.15, 0.2) is 11.5 Å². The Morgan fingerprint density at radius 1 is 0.805 bits per heavy atom. The summed E-state index contributed by atoms with van der Waals surface area (Å²) in [4.78, 5) is 28.4. The van der Waals surface area contributed by atoms with Gasteiger partial charge in [-0.25, -0.2) is 0 Å². The molecule has 4 aromatic carbocycles. The molecule has 0 bridgehead atoms. The lowest BCUT2D eigenvalue weighted by atomic mass is 9.95. The van der Waals surface area contributed by atoms with Gasteiger partial charge in [0.25, 0.3) is 11.7 Å². The van der Waals surface area contributed by atoms with E-state index in [0.29, 0.717) is 61.2 Å². The minimum Gasteiger partial charge on any atom is -0.507 e. The van der Waals surface area contributed by atoms with E-state index < -0.39 is 17.7 Å². The Balaban J connectivity index is 1.34. The summed E-state index contributed by atoms with van der Waals surface area (Å²) < 4.78 is 17.2. The average molecular weight is 548 g/mol. The topological polar surface area (TPSA) is 85.3 Å². The van der Waals surface area contributed by atoms with Crippen LogP contribution in [0.15, 0.2) is 109 Å². The number of hydrogen-bond donors (Lipinski definition) is 1. The first-order chi connectivity index (χ1) is 20.1. The lowest BCUT2D eigenvalue weighted by Gasteiger charge is -2.26. The number of hydrogen-bond acceptors (Lipinski definition) is 6. The summed E-state index contributed by atoms with van der Waals surface area (Å²) in [5, 5.41) is 11.5. The molecule has 2 heterocycles. The molecule has 1 fully saturated rings. The van der Waals surface area contributed by atoms with E-state index in [1.165, 1.54) is 0 Å². The summed E-state index contributed by atoms with van der Waals surface area (Å²) in [5.41, 5.74) is 3.21. The standard InChI is InChI=1S/C34H29NO6/c36-32(26-13-16-28-29(21-26)40-20-19-39-28)30-31(35(34(38)33(30)37)18-17-23-7-3-1-4-8-23)25-11-14-27(15-12-25)41-22-24-9-5-2-6-10-24/h1-16,21,31,36H,17-20,22H2/t31-/m1/s1. The van der Waals surface area contributed by atoms with Crippen molar-refractivity contribution in [2.45, 2.75) is 19.1 Å². The molecule has 1 N–H and O–H groups in total. The number of benzene rings is 4. The van der Waals surface area contributed by atoms with Gasteiger partial charge in [0.1, 0.15) is 31.3 Å². The Morgan fingerprint density at radius 3 is 2.17 bits per heavy atom. The van der Waals surface area contributed by atoms with Crippen LogP contribution in [0.4, 0.5) is 0 Å². The number of nitrogens with zero attached hydrogens (tertiary/aromatic N) is 1. The van der Waals surface area contributed by atoms with E-state index >= 15 is 0 Å². The van der Waals surface area contributed by atoms with Crippen molar-refractivity contribution < 1.29 is 28.9 Å². The monoisotopic (exact) mass is 547 g/mol. The molecular formula is C34H29NO6. The predicted molar refractivity (Wildman–Crippen MR) is 154 cm³/mol. The fourth-order valence-corrected chi connectivity index (χ4v) is 5.18. The third kappa shape index (κ3) is 5.52. The summed E-state index contributed by atoms with van der Waals surface area (Å²) in [6, 6.07) is 31.2. The van der Waals surface area contributed by atoms with Gasteiger partial charge in [-0.1, -0.05) is 72.8 Å². The van der Waals surface area contributed by atoms with E-state index in [9.17, 15) is 14.7 Å². The van der Waals surface area contributed by atoms with Gasteiger partial charge >= 0.3 is 0 Å². The smallest absolute Gasteiger partial charge is 0.295 e. The minimum atomic E-state index is -0.768. The van der Waals surface area contributed by atoms with Crippen molar-refractivity contribution in [3.63, 3.8) is 0 Å². The van der Waals surface area contributed by atoms with E-state index in [0.717, 1.165) is 11.1 Å². The zero-order valence-electron chi connectivity index (χ0n) is 22.4. The van der Waals surface area contributed by atoms with E-state index in [4.69, 9.17) is 14.2 Å². The van der Waals surface area contributed by atoms with Crippen LogP contribution in [0.5, 0.6) is 17.2 Å². The van der Waals surface area contributed by atoms with Crippen LogP contribution < -0.4 is 14.2 Å². The first-order valence-electron chi connectivity index (χ1n) is 13.6. The molecule has 0 aromatic heterocycles. The van der Waals surface area contributed by atoms with Crippen LogP contribution in [0.2, 0.25) is 0 Å². The molecule has 7 heteroatoms. The maximum absolute atomic E-state index is 13.5. The number of amides is 1. The van der Waals surface area contributed by atoms with Crippen LogP contribution >= 0.6 is 0 Å². The van der Waals surface area contributed by atoms with Crippen LogP contribution in [0.3, 0.4) is 0 Å². The lowest BCUT2D eigenvalue weighted by molar-refractivity contribution is -0.139. The summed E-state index contributed by atoms with van der Waals surface area (Å²) in [7, 11) is 0. The second kappa shape index (κ2) is 11.6. The van der Waals surface area contributed by atoms with Gasteiger partial charge in [0, 0.05) is 12.1 Å². The van der Waals surface area contributed by atoms with Gasteiger partial charge in [-0.3, -0.25) is 9.59 Å². The first kappa shape index (κ1) is 26.2. The molecule has 41 heavy (non-hydrogen) atoms. The highest BCUT2D eigenvalue weighted by atomic mass is 16.6. The van der Waals surface area contributed by atoms with Crippen LogP contribution in [0.25, 0.3) is 5.76 Å².